The van der Waals surface area contributed by atoms with E-state index in [1.54, 1.807) is 0 Å². The summed E-state index contributed by atoms with van der Waals surface area (Å²) < 4.78 is 5.67. The molecule has 0 saturated carbocycles. The fourth-order valence-electron chi connectivity index (χ4n) is 2.21. The average molecular weight is 198 g/mol. The molecule has 14 heavy (non-hydrogen) atoms. The van der Waals surface area contributed by atoms with Crippen LogP contribution in [0.2, 0.25) is 0 Å². The SMILES string of the molecule is CNCCC(=O)N1CC2CCC(C1)O2. The number of hydrogen-bond acceptors (Lipinski definition) is 3. The monoisotopic (exact) mass is 198 g/mol. The van der Waals surface area contributed by atoms with Crippen molar-refractivity contribution < 1.29 is 9.53 Å². The number of fused-ring (bicyclic) bond motifs is 2. The van der Waals surface area contributed by atoms with Gasteiger partial charge in [-0.3, -0.25) is 4.79 Å². The molecule has 0 radical (unpaired) electrons. The minimum Gasteiger partial charge on any atom is -0.371 e. The van der Waals surface area contributed by atoms with Crippen molar-refractivity contribution in [1.29, 1.82) is 0 Å². The second kappa shape index (κ2) is 4.28. The molecule has 1 N–H and O–H groups in total. The predicted molar refractivity (Wildman–Crippen MR) is 53.0 cm³/mol. The molecule has 2 rings (SSSR count). The number of nitrogens with zero attached hydrogens (tertiary/aromatic N) is 1. The molecule has 1 amide bonds. The zero-order valence-corrected chi connectivity index (χ0v) is 8.66. The van der Waals surface area contributed by atoms with Gasteiger partial charge in [0.2, 0.25) is 5.91 Å². The van der Waals surface area contributed by atoms with Gasteiger partial charge in [-0.15, -0.1) is 0 Å². The van der Waals surface area contributed by atoms with Crippen molar-refractivity contribution in [3.8, 4) is 0 Å². The van der Waals surface area contributed by atoms with E-state index in [4.69, 9.17) is 4.74 Å². The van der Waals surface area contributed by atoms with Crippen molar-refractivity contribution in [2.45, 2.75) is 31.5 Å². The molecule has 2 aliphatic heterocycles. The van der Waals surface area contributed by atoms with E-state index >= 15 is 0 Å². The van der Waals surface area contributed by atoms with Gasteiger partial charge in [0, 0.05) is 26.1 Å². The van der Waals surface area contributed by atoms with E-state index in [0.717, 1.165) is 32.5 Å². The number of hydrogen-bond donors (Lipinski definition) is 1. The Morgan fingerprint density at radius 1 is 1.43 bits per heavy atom. The fourth-order valence-corrected chi connectivity index (χ4v) is 2.21. The first-order valence-corrected chi connectivity index (χ1v) is 5.37. The molecule has 0 spiro atoms. The first-order chi connectivity index (χ1) is 6.79. The van der Waals surface area contributed by atoms with Crippen LogP contribution in [0.5, 0.6) is 0 Å². The van der Waals surface area contributed by atoms with Crippen LogP contribution in [-0.2, 0) is 9.53 Å². The molecule has 0 aromatic heterocycles. The van der Waals surface area contributed by atoms with E-state index in [0.29, 0.717) is 18.6 Å². The third-order valence-electron chi connectivity index (χ3n) is 2.99. The number of carbonyl (C=O) groups excluding carboxylic acids is 1. The second-order valence-electron chi connectivity index (χ2n) is 4.11. The van der Waals surface area contributed by atoms with Crippen LogP contribution in [0.3, 0.4) is 0 Å². The number of amides is 1. The highest BCUT2D eigenvalue weighted by Gasteiger charge is 2.35. The Labute approximate surface area is 84.6 Å². The normalized spacial score (nSPS) is 30.8. The average Bonchev–Trinajstić information content (AvgIpc) is 2.54. The molecule has 0 aromatic carbocycles. The molecule has 0 aromatic rings. The Morgan fingerprint density at radius 3 is 2.64 bits per heavy atom. The van der Waals surface area contributed by atoms with Crippen molar-refractivity contribution in [3.05, 3.63) is 0 Å². The van der Waals surface area contributed by atoms with Crippen LogP contribution in [-0.4, -0.2) is 49.7 Å². The number of morpholine rings is 1. The molecule has 2 heterocycles. The van der Waals surface area contributed by atoms with Crippen molar-refractivity contribution in [2.75, 3.05) is 26.7 Å². The lowest BCUT2D eigenvalue weighted by molar-refractivity contribution is -0.139. The second-order valence-corrected chi connectivity index (χ2v) is 4.11. The van der Waals surface area contributed by atoms with Crippen LogP contribution < -0.4 is 5.32 Å². The maximum absolute atomic E-state index is 11.7. The third kappa shape index (κ3) is 2.07. The zero-order valence-electron chi connectivity index (χ0n) is 8.66. The van der Waals surface area contributed by atoms with E-state index in [2.05, 4.69) is 5.32 Å². The van der Waals surface area contributed by atoms with Gasteiger partial charge in [0.05, 0.1) is 12.2 Å². The number of rotatable bonds is 3. The molecule has 2 bridgehead atoms. The molecule has 4 heteroatoms. The van der Waals surface area contributed by atoms with Gasteiger partial charge in [0.1, 0.15) is 0 Å². The Bertz CT molecular complexity index is 208. The zero-order chi connectivity index (χ0) is 9.97. The minimum absolute atomic E-state index is 0.263. The molecule has 2 atom stereocenters. The lowest BCUT2D eigenvalue weighted by Gasteiger charge is -2.32. The van der Waals surface area contributed by atoms with Crippen LogP contribution in [0, 0.1) is 0 Å². The van der Waals surface area contributed by atoms with E-state index in [1.807, 2.05) is 11.9 Å². The van der Waals surface area contributed by atoms with Gasteiger partial charge in [0.25, 0.3) is 0 Å². The molecule has 2 aliphatic rings. The summed E-state index contributed by atoms with van der Waals surface area (Å²) in [5.41, 5.74) is 0. The van der Waals surface area contributed by atoms with Gasteiger partial charge in [0.15, 0.2) is 0 Å². The lowest BCUT2D eigenvalue weighted by atomic mass is 10.2. The van der Waals surface area contributed by atoms with Crippen LogP contribution in [0.15, 0.2) is 0 Å². The summed E-state index contributed by atoms with van der Waals surface area (Å²) in [6.45, 7) is 2.38. The Hall–Kier alpha value is -0.610. The Kier molecular flexibility index (Phi) is 3.03. The number of likely N-dealkylation sites (tertiary alicyclic amines) is 1. The summed E-state index contributed by atoms with van der Waals surface area (Å²) in [5.74, 6) is 0.263. The van der Waals surface area contributed by atoms with Gasteiger partial charge < -0.3 is 15.0 Å². The van der Waals surface area contributed by atoms with E-state index in [-0.39, 0.29) is 5.91 Å². The summed E-state index contributed by atoms with van der Waals surface area (Å²) >= 11 is 0. The maximum atomic E-state index is 11.7. The van der Waals surface area contributed by atoms with Crippen LogP contribution in [0.25, 0.3) is 0 Å². The molecule has 2 unspecified atom stereocenters. The highest BCUT2D eigenvalue weighted by Crippen LogP contribution is 2.26. The van der Waals surface area contributed by atoms with Crippen LogP contribution in [0.1, 0.15) is 19.3 Å². The summed E-state index contributed by atoms with van der Waals surface area (Å²) in [7, 11) is 1.87. The van der Waals surface area contributed by atoms with Crippen molar-refractivity contribution >= 4 is 5.91 Å². The first kappa shape index (κ1) is 9.93. The van der Waals surface area contributed by atoms with E-state index in [9.17, 15) is 4.79 Å². The smallest absolute Gasteiger partial charge is 0.224 e. The fraction of sp³-hybridized carbons (Fsp3) is 0.900. The molecular weight excluding hydrogens is 180 g/mol. The standard InChI is InChI=1S/C10H18N2O2/c1-11-5-4-10(13)12-6-8-2-3-9(7-12)14-8/h8-9,11H,2-7H2,1H3. The summed E-state index contributed by atoms with van der Waals surface area (Å²) in [6.07, 6.45) is 3.48. The summed E-state index contributed by atoms with van der Waals surface area (Å²) in [5, 5.41) is 3.00. The quantitative estimate of drug-likeness (QED) is 0.693. The number of carbonyl (C=O) groups is 1. The minimum atomic E-state index is 0.263. The molecular formula is C10H18N2O2. The Morgan fingerprint density at radius 2 is 2.07 bits per heavy atom. The molecule has 2 fully saturated rings. The van der Waals surface area contributed by atoms with Crippen molar-refractivity contribution in [1.82, 2.24) is 10.2 Å². The van der Waals surface area contributed by atoms with Gasteiger partial charge in [-0.25, -0.2) is 0 Å². The molecule has 0 aliphatic carbocycles. The van der Waals surface area contributed by atoms with Crippen LogP contribution >= 0.6 is 0 Å². The third-order valence-corrected chi connectivity index (χ3v) is 2.99. The van der Waals surface area contributed by atoms with Crippen molar-refractivity contribution in [2.24, 2.45) is 0 Å². The number of ether oxygens (including phenoxy) is 1. The molecule has 4 nitrogen and oxygen atoms in total. The van der Waals surface area contributed by atoms with Crippen molar-refractivity contribution in [3.63, 3.8) is 0 Å². The van der Waals surface area contributed by atoms with E-state index < -0.39 is 0 Å². The molecule has 2 saturated heterocycles. The largest absolute Gasteiger partial charge is 0.371 e. The van der Waals surface area contributed by atoms with Gasteiger partial charge >= 0.3 is 0 Å². The van der Waals surface area contributed by atoms with Gasteiger partial charge in [-0.1, -0.05) is 0 Å². The number of nitrogens with one attached hydrogen (secondary N) is 1. The topological polar surface area (TPSA) is 41.6 Å². The Balaban J connectivity index is 1.83. The highest BCUT2D eigenvalue weighted by molar-refractivity contribution is 5.76. The first-order valence-electron chi connectivity index (χ1n) is 5.37. The van der Waals surface area contributed by atoms with E-state index in [1.165, 1.54) is 0 Å². The summed E-state index contributed by atoms with van der Waals surface area (Å²) in [6, 6.07) is 0. The van der Waals surface area contributed by atoms with Gasteiger partial charge in [-0.2, -0.15) is 0 Å². The van der Waals surface area contributed by atoms with Gasteiger partial charge in [-0.05, 0) is 19.9 Å². The van der Waals surface area contributed by atoms with Crippen LogP contribution in [0.4, 0.5) is 0 Å². The lowest BCUT2D eigenvalue weighted by Crippen LogP contribution is -2.46. The maximum Gasteiger partial charge on any atom is 0.224 e. The molecule has 80 valence electrons. The summed E-state index contributed by atoms with van der Waals surface area (Å²) in [4.78, 5) is 13.7. The highest BCUT2D eigenvalue weighted by atomic mass is 16.5. The predicted octanol–water partition coefficient (Wildman–Crippen LogP) is -0.0143.